The molecular formula is C26H28FN7O4S. The molecule has 5 N–H and O–H groups in total. The molecule has 0 atom stereocenters. The summed E-state index contributed by atoms with van der Waals surface area (Å²) in [5.74, 6) is -0.320. The van der Waals surface area contributed by atoms with Gasteiger partial charge in [-0.25, -0.2) is 12.8 Å². The van der Waals surface area contributed by atoms with Gasteiger partial charge in [-0.15, -0.1) is 0 Å². The molecule has 11 nitrogen and oxygen atoms in total. The first-order valence-corrected chi connectivity index (χ1v) is 14.0. The van der Waals surface area contributed by atoms with Gasteiger partial charge in [0, 0.05) is 43.3 Å². The first-order valence-electron chi connectivity index (χ1n) is 12.1. The molecule has 0 saturated carbocycles. The van der Waals surface area contributed by atoms with Crippen molar-refractivity contribution < 1.29 is 22.3 Å². The van der Waals surface area contributed by atoms with Gasteiger partial charge in [-0.1, -0.05) is 6.07 Å². The van der Waals surface area contributed by atoms with Crippen LogP contribution in [0.2, 0.25) is 0 Å². The van der Waals surface area contributed by atoms with Crippen LogP contribution < -0.4 is 26.0 Å². The van der Waals surface area contributed by atoms with Crippen LogP contribution >= 0.6 is 0 Å². The van der Waals surface area contributed by atoms with Crippen LogP contribution in [-0.2, 0) is 10.0 Å². The normalized spacial score (nSPS) is 14.4. The van der Waals surface area contributed by atoms with E-state index < -0.39 is 21.7 Å². The predicted molar refractivity (Wildman–Crippen MR) is 149 cm³/mol. The number of anilines is 5. The Hall–Kier alpha value is -4.36. The molecule has 1 saturated heterocycles. The number of fused-ring (bicyclic) bond motifs is 1. The summed E-state index contributed by atoms with van der Waals surface area (Å²) in [6.45, 7) is 2.02. The lowest BCUT2D eigenvalue weighted by molar-refractivity contribution is 0.0997. The van der Waals surface area contributed by atoms with E-state index >= 15 is 0 Å². The lowest BCUT2D eigenvalue weighted by Crippen LogP contribution is -2.48. The van der Waals surface area contributed by atoms with Gasteiger partial charge in [0.15, 0.2) is 0 Å². The Bertz CT molecular complexity index is 1650. The molecule has 1 amide bonds. The molecule has 0 spiro atoms. The maximum Gasteiger partial charge on any atom is 0.253 e. The van der Waals surface area contributed by atoms with Gasteiger partial charge in [0.05, 0.1) is 53.9 Å². The molecule has 3 heterocycles. The number of aromatic amines is 1. The molecule has 2 aromatic carbocycles. The Balaban J connectivity index is 1.37. The van der Waals surface area contributed by atoms with E-state index in [4.69, 9.17) is 10.5 Å². The largest absolute Gasteiger partial charge is 0.494 e. The van der Waals surface area contributed by atoms with Crippen LogP contribution in [0.4, 0.5) is 33.0 Å². The van der Waals surface area contributed by atoms with Crippen molar-refractivity contribution in [3.63, 3.8) is 0 Å². The minimum absolute atomic E-state index is 0.231. The average Bonchev–Trinajstić information content (AvgIpc) is 3.32. The van der Waals surface area contributed by atoms with E-state index in [-0.39, 0.29) is 11.3 Å². The molecule has 0 radical (unpaired) electrons. The molecule has 1 fully saturated rings. The number of rotatable bonds is 8. The second kappa shape index (κ2) is 10.4. The second-order valence-corrected chi connectivity index (χ2v) is 11.1. The Labute approximate surface area is 224 Å². The highest BCUT2D eigenvalue weighted by molar-refractivity contribution is 7.88. The molecule has 1 aliphatic rings. The monoisotopic (exact) mass is 553 g/mol. The molecular weight excluding hydrogens is 525 g/mol. The molecule has 0 unspecified atom stereocenters. The molecule has 0 bridgehead atoms. The van der Waals surface area contributed by atoms with Crippen molar-refractivity contribution in [3.8, 4) is 5.75 Å². The van der Waals surface area contributed by atoms with Crippen molar-refractivity contribution in [2.24, 2.45) is 5.73 Å². The number of sulfonamides is 1. The Morgan fingerprint density at radius 3 is 2.51 bits per heavy atom. The highest BCUT2D eigenvalue weighted by Gasteiger charge is 2.24. The van der Waals surface area contributed by atoms with Gasteiger partial charge < -0.3 is 31.0 Å². The van der Waals surface area contributed by atoms with Crippen LogP contribution in [-0.4, -0.2) is 68.1 Å². The number of primary amides is 1. The topological polar surface area (TPSA) is 146 Å². The van der Waals surface area contributed by atoms with Crippen LogP contribution in [0.1, 0.15) is 10.4 Å². The van der Waals surface area contributed by atoms with E-state index in [9.17, 15) is 17.6 Å². The number of piperazine rings is 1. The van der Waals surface area contributed by atoms with Crippen LogP contribution in [0, 0.1) is 5.82 Å². The molecule has 4 aromatic rings. The second-order valence-electron chi connectivity index (χ2n) is 9.14. The van der Waals surface area contributed by atoms with Gasteiger partial charge in [-0.3, -0.25) is 9.78 Å². The van der Waals surface area contributed by atoms with Crippen LogP contribution in [0.5, 0.6) is 5.75 Å². The summed E-state index contributed by atoms with van der Waals surface area (Å²) < 4.78 is 45.0. The number of halogens is 1. The molecule has 204 valence electrons. The smallest absolute Gasteiger partial charge is 0.253 e. The number of hydrogen-bond acceptors (Lipinski definition) is 8. The van der Waals surface area contributed by atoms with E-state index in [1.165, 1.54) is 22.7 Å². The number of benzene rings is 2. The van der Waals surface area contributed by atoms with Crippen molar-refractivity contribution in [3.05, 3.63) is 66.2 Å². The third-order valence-corrected chi connectivity index (χ3v) is 7.91. The zero-order valence-electron chi connectivity index (χ0n) is 21.4. The highest BCUT2D eigenvalue weighted by atomic mass is 32.2. The quantitative estimate of drug-likeness (QED) is 0.260. The number of ether oxygens (including phenoxy) is 1. The number of methoxy groups -OCH3 is 1. The van der Waals surface area contributed by atoms with Crippen molar-refractivity contribution in [1.82, 2.24) is 14.3 Å². The van der Waals surface area contributed by atoms with Gasteiger partial charge in [-0.2, -0.15) is 4.31 Å². The SMILES string of the molecule is COc1cc(N2CCN(S(C)(=O)=O)CC2)ccc1Nc1cc2c(Nc3cccc(F)c3C(N)=O)cncc2[nH]1. The number of nitrogens with one attached hydrogen (secondary N) is 3. The number of carbonyl (C=O) groups is 1. The van der Waals surface area contributed by atoms with Crippen molar-refractivity contribution in [2.75, 3.05) is 55.1 Å². The summed E-state index contributed by atoms with van der Waals surface area (Å²) in [4.78, 5) is 21.4. The minimum atomic E-state index is -3.20. The zero-order valence-corrected chi connectivity index (χ0v) is 22.2. The summed E-state index contributed by atoms with van der Waals surface area (Å²) in [5, 5.41) is 7.15. The third kappa shape index (κ3) is 5.45. The number of hydrogen-bond donors (Lipinski definition) is 4. The van der Waals surface area contributed by atoms with Crippen LogP contribution in [0.3, 0.4) is 0 Å². The lowest BCUT2D eigenvalue weighted by atomic mass is 10.1. The van der Waals surface area contributed by atoms with E-state index in [0.29, 0.717) is 54.6 Å². The molecule has 5 rings (SSSR count). The van der Waals surface area contributed by atoms with Gasteiger partial charge in [0.25, 0.3) is 5.91 Å². The fraction of sp³-hybridized carbons (Fsp3) is 0.231. The highest BCUT2D eigenvalue weighted by Crippen LogP contribution is 2.35. The first kappa shape index (κ1) is 26.3. The maximum absolute atomic E-state index is 14.2. The number of pyridine rings is 1. The Morgan fingerprint density at radius 2 is 1.82 bits per heavy atom. The van der Waals surface area contributed by atoms with Gasteiger partial charge in [-0.05, 0) is 30.3 Å². The number of amides is 1. The summed E-state index contributed by atoms with van der Waals surface area (Å²) in [6, 6.07) is 11.9. The molecule has 1 aliphatic heterocycles. The average molecular weight is 554 g/mol. The zero-order chi connectivity index (χ0) is 27.7. The number of H-pyrrole nitrogens is 1. The third-order valence-electron chi connectivity index (χ3n) is 6.60. The number of carbonyl (C=O) groups excluding carboxylic acids is 1. The maximum atomic E-state index is 14.2. The van der Waals surface area contributed by atoms with Gasteiger partial charge in [0.1, 0.15) is 17.4 Å². The van der Waals surface area contributed by atoms with E-state index in [1.807, 2.05) is 24.3 Å². The molecule has 2 aromatic heterocycles. The fourth-order valence-corrected chi connectivity index (χ4v) is 5.47. The Kier molecular flexibility index (Phi) is 7.02. The van der Waals surface area contributed by atoms with E-state index in [2.05, 4.69) is 25.5 Å². The number of nitrogens with zero attached hydrogens (tertiary/aromatic N) is 3. The first-order chi connectivity index (χ1) is 18.6. The summed E-state index contributed by atoms with van der Waals surface area (Å²) in [5.41, 5.74) is 8.30. The molecule has 0 aliphatic carbocycles. The lowest BCUT2D eigenvalue weighted by Gasteiger charge is -2.35. The van der Waals surface area contributed by atoms with E-state index in [1.54, 1.807) is 25.6 Å². The van der Waals surface area contributed by atoms with Gasteiger partial charge >= 0.3 is 0 Å². The standard InChI is InChI=1S/C26H28FN7O4S/c1-38-23-12-16(33-8-10-34(11-9-33)39(2,36)37)6-7-19(23)31-24-13-17-21(14-29-15-22(17)32-24)30-20-5-3-4-18(27)25(20)26(28)35/h3-7,12-15,30-32H,8-11H2,1-2H3,(H2,28,35). The Morgan fingerprint density at radius 1 is 1.05 bits per heavy atom. The minimum Gasteiger partial charge on any atom is -0.494 e. The van der Waals surface area contributed by atoms with Crippen LogP contribution in [0.25, 0.3) is 10.9 Å². The predicted octanol–water partition coefficient (Wildman–Crippen LogP) is 3.38. The number of aromatic nitrogens is 2. The molecule has 13 heteroatoms. The number of nitrogens with two attached hydrogens (primary N) is 1. The van der Waals surface area contributed by atoms with Crippen molar-refractivity contribution in [2.45, 2.75) is 0 Å². The van der Waals surface area contributed by atoms with E-state index in [0.717, 1.165) is 11.1 Å². The summed E-state index contributed by atoms with van der Waals surface area (Å²) in [6.07, 6.45) is 4.46. The van der Waals surface area contributed by atoms with Crippen molar-refractivity contribution in [1.29, 1.82) is 0 Å². The summed E-state index contributed by atoms with van der Waals surface area (Å²) >= 11 is 0. The summed E-state index contributed by atoms with van der Waals surface area (Å²) in [7, 11) is -1.62. The van der Waals surface area contributed by atoms with Gasteiger partial charge in [0.2, 0.25) is 10.0 Å². The molecule has 39 heavy (non-hydrogen) atoms. The van der Waals surface area contributed by atoms with Crippen LogP contribution in [0.15, 0.2) is 54.9 Å². The fourth-order valence-electron chi connectivity index (χ4n) is 4.64. The van der Waals surface area contributed by atoms with Crippen molar-refractivity contribution >= 4 is 55.4 Å².